The highest BCUT2D eigenvalue weighted by molar-refractivity contribution is 5.70. The van der Waals surface area contributed by atoms with Gasteiger partial charge in [-0.15, -0.1) is 0 Å². The Morgan fingerprint density at radius 3 is 2.68 bits per heavy atom. The van der Waals surface area contributed by atoms with Gasteiger partial charge in [-0.05, 0) is 44.7 Å². The van der Waals surface area contributed by atoms with Gasteiger partial charge in [0.15, 0.2) is 0 Å². The van der Waals surface area contributed by atoms with Gasteiger partial charge in [0.2, 0.25) is 0 Å². The number of hydrogen-bond acceptors (Lipinski definition) is 4. The summed E-state index contributed by atoms with van der Waals surface area (Å²) in [7, 11) is 0. The zero-order valence-electron chi connectivity index (χ0n) is 11.2. The van der Waals surface area contributed by atoms with Crippen molar-refractivity contribution >= 4 is 5.97 Å². The fourth-order valence-corrected chi connectivity index (χ4v) is 2.58. The van der Waals surface area contributed by atoms with Crippen LogP contribution in [0.2, 0.25) is 0 Å². The number of aliphatic hydroxyl groups is 1. The Labute approximate surface area is 112 Å². The van der Waals surface area contributed by atoms with Crippen LogP contribution in [0.3, 0.4) is 0 Å². The van der Waals surface area contributed by atoms with Gasteiger partial charge in [-0.1, -0.05) is 0 Å². The molecule has 0 bridgehead atoms. The molecule has 1 fully saturated rings. The molecule has 0 saturated heterocycles. The molecule has 0 atom stereocenters. The van der Waals surface area contributed by atoms with Crippen molar-refractivity contribution in [1.29, 1.82) is 0 Å². The summed E-state index contributed by atoms with van der Waals surface area (Å²) >= 11 is 0. The third-order valence-electron chi connectivity index (χ3n) is 3.81. The first-order chi connectivity index (χ1) is 8.98. The lowest BCUT2D eigenvalue weighted by Gasteiger charge is -2.34. The predicted octanol–water partition coefficient (Wildman–Crippen LogP) is 1.68. The molecule has 0 aliphatic heterocycles. The SMILES string of the molecule is Cc1ccc(CNCC2(O)CCC(C(=O)O)CC2)o1. The Balaban J connectivity index is 1.75. The van der Waals surface area contributed by atoms with E-state index in [2.05, 4.69) is 5.32 Å². The summed E-state index contributed by atoms with van der Waals surface area (Å²) in [6, 6.07) is 3.82. The van der Waals surface area contributed by atoms with Crippen molar-refractivity contribution < 1.29 is 19.4 Å². The molecule has 1 heterocycles. The number of aliphatic carboxylic acids is 1. The number of carbonyl (C=O) groups is 1. The lowest BCUT2D eigenvalue weighted by atomic mass is 9.79. The highest BCUT2D eigenvalue weighted by Gasteiger charge is 2.35. The third kappa shape index (κ3) is 3.81. The van der Waals surface area contributed by atoms with Gasteiger partial charge in [0, 0.05) is 6.54 Å². The van der Waals surface area contributed by atoms with Crippen molar-refractivity contribution in [2.24, 2.45) is 5.92 Å². The van der Waals surface area contributed by atoms with Crippen LogP contribution in [0.25, 0.3) is 0 Å². The summed E-state index contributed by atoms with van der Waals surface area (Å²) in [6.45, 7) is 2.95. The minimum atomic E-state index is -0.784. The summed E-state index contributed by atoms with van der Waals surface area (Å²) in [4.78, 5) is 10.9. The maximum atomic E-state index is 10.9. The summed E-state index contributed by atoms with van der Waals surface area (Å²) in [5.41, 5.74) is -0.784. The average molecular weight is 267 g/mol. The molecule has 1 aliphatic carbocycles. The van der Waals surface area contributed by atoms with Crippen LogP contribution in [-0.2, 0) is 11.3 Å². The molecular formula is C14H21NO4. The van der Waals surface area contributed by atoms with Gasteiger partial charge in [0.25, 0.3) is 0 Å². The first-order valence-electron chi connectivity index (χ1n) is 6.70. The van der Waals surface area contributed by atoms with Gasteiger partial charge in [0.05, 0.1) is 18.1 Å². The molecule has 1 aromatic heterocycles. The van der Waals surface area contributed by atoms with Gasteiger partial charge >= 0.3 is 5.97 Å². The van der Waals surface area contributed by atoms with Crippen molar-refractivity contribution in [3.63, 3.8) is 0 Å². The topological polar surface area (TPSA) is 82.7 Å². The quantitative estimate of drug-likeness (QED) is 0.756. The number of furan rings is 1. The Kier molecular flexibility index (Phi) is 4.27. The maximum absolute atomic E-state index is 10.9. The Morgan fingerprint density at radius 1 is 1.47 bits per heavy atom. The van der Waals surface area contributed by atoms with E-state index in [9.17, 15) is 9.90 Å². The molecule has 1 aliphatic rings. The maximum Gasteiger partial charge on any atom is 0.306 e. The lowest BCUT2D eigenvalue weighted by Crippen LogP contribution is -2.44. The predicted molar refractivity (Wildman–Crippen MR) is 69.7 cm³/mol. The minimum absolute atomic E-state index is 0.298. The van der Waals surface area contributed by atoms with E-state index in [0.717, 1.165) is 11.5 Å². The minimum Gasteiger partial charge on any atom is -0.481 e. The number of hydrogen-bond donors (Lipinski definition) is 3. The van der Waals surface area contributed by atoms with Crippen LogP contribution < -0.4 is 5.32 Å². The number of nitrogens with one attached hydrogen (secondary N) is 1. The van der Waals surface area contributed by atoms with E-state index in [1.807, 2.05) is 19.1 Å². The molecule has 0 unspecified atom stereocenters. The molecule has 1 saturated carbocycles. The zero-order chi connectivity index (χ0) is 13.9. The molecule has 5 heteroatoms. The van der Waals surface area contributed by atoms with E-state index < -0.39 is 11.6 Å². The number of aryl methyl sites for hydroxylation is 1. The van der Waals surface area contributed by atoms with Gasteiger partial charge in [0.1, 0.15) is 11.5 Å². The van der Waals surface area contributed by atoms with Crippen molar-refractivity contribution in [2.75, 3.05) is 6.54 Å². The van der Waals surface area contributed by atoms with Gasteiger partial charge < -0.3 is 19.9 Å². The number of carboxylic acid groups (broad SMARTS) is 1. The van der Waals surface area contributed by atoms with Crippen LogP contribution in [-0.4, -0.2) is 28.3 Å². The van der Waals surface area contributed by atoms with Crippen molar-refractivity contribution in [2.45, 2.75) is 44.8 Å². The molecule has 0 aromatic carbocycles. The molecule has 1 aromatic rings. The fourth-order valence-electron chi connectivity index (χ4n) is 2.58. The molecule has 3 N–H and O–H groups in total. The van der Waals surface area contributed by atoms with Crippen LogP contribution >= 0.6 is 0 Å². The average Bonchev–Trinajstić information content (AvgIpc) is 2.75. The lowest BCUT2D eigenvalue weighted by molar-refractivity contribution is -0.144. The normalized spacial score (nSPS) is 27.4. The summed E-state index contributed by atoms with van der Waals surface area (Å²) in [5, 5.41) is 22.5. The highest BCUT2D eigenvalue weighted by Crippen LogP contribution is 2.31. The first kappa shape index (κ1) is 14.1. The first-order valence-corrected chi connectivity index (χ1v) is 6.70. The van der Waals surface area contributed by atoms with E-state index in [-0.39, 0.29) is 5.92 Å². The number of rotatable bonds is 5. The molecule has 2 rings (SSSR count). The van der Waals surface area contributed by atoms with Crippen LogP contribution in [0.15, 0.2) is 16.5 Å². The van der Waals surface area contributed by atoms with Crippen molar-refractivity contribution in [1.82, 2.24) is 5.32 Å². The second kappa shape index (κ2) is 5.75. The largest absolute Gasteiger partial charge is 0.481 e. The van der Waals surface area contributed by atoms with Crippen LogP contribution in [0.1, 0.15) is 37.2 Å². The molecule has 0 spiro atoms. The smallest absolute Gasteiger partial charge is 0.306 e. The highest BCUT2D eigenvalue weighted by atomic mass is 16.4. The van der Waals surface area contributed by atoms with E-state index in [0.29, 0.717) is 38.8 Å². The molecule has 106 valence electrons. The Hall–Kier alpha value is -1.33. The molecule has 0 radical (unpaired) electrons. The van der Waals surface area contributed by atoms with E-state index in [1.165, 1.54) is 0 Å². The van der Waals surface area contributed by atoms with Crippen LogP contribution in [0.5, 0.6) is 0 Å². The summed E-state index contributed by atoms with van der Waals surface area (Å²) < 4.78 is 5.43. The monoisotopic (exact) mass is 267 g/mol. The van der Waals surface area contributed by atoms with Gasteiger partial charge in [-0.25, -0.2) is 0 Å². The fraction of sp³-hybridized carbons (Fsp3) is 0.643. The van der Waals surface area contributed by atoms with E-state index in [1.54, 1.807) is 0 Å². The molecule has 5 nitrogen and oxygen atoms in total. The van der Waals surface area contributed by atoms with Crippen molar-refractivity contribution in [3.05, 3.63) is 23.7 Å². The van der Waals surface area contributed by atoms with E-state index in [4.69, 9.17) is 9.52 Å². The Morgan fingerprint density at radius 2 is 2.16 bits per heavy atom. The van der Waals surface area contributed by atoms with Gasteiger partial charge in [-0.3, -0.25) is 4.79 Å². The molecule has 0 amide bonds. The Bertz CT molecular complexity index is 432. The van der Waals surface area contributed by atoms with Gasteiger partial charge in [-0.2, -0.15) is 0 Å². The van der Waals surface area contributed by atoms with Crippen molar-refractivity contribution in [3.8, 4) is 0 Å². The second-order valence-electron chi connectivity index (χ2n) is 5.45. The number of carboxylic acids is 1. The van der Waals surface area contributed by atoms with Crippen LogP contribution in [0.4, 0.5) is 0 Å². The zero-order valence-corrected chi connectivity index (χ0v) is 11.2. The standard InChI is InChI=1S/C14H21NO4/c1-10-2-3-12(19-10)8-15-9-14(18)6-4-11(5-7-14)13(16)17/h2-3,11,15,18H,4-9H2,1H3,(H,16,17). The molecular weight excluding hydrogens is 246 g/mol. The third-order valence-corrected chi connectivity index (χ3v) is 3.81. The summed E-state index contributed by atoms with van der Waals surface area (Å²) in [5.74, 6) is 0.673. The summed E-state index contributed by atoms with van der Waals surface area (Å²) in [6.07, 6.45) is 2.17. The van der Waals surface area contributed by atoms with Crippen LogP contribution in [0, 0.1) is 12.8 Å². The second-order valence-corrected chi connectivity index (χ2v) is 5.45. The van der Waals surface area contributed by atoms with E-state index >= 15 is 0 Å². The molecule has 19 heavy (non-hydrogen) atoms.